The third-order valence-corrected chi connectivity index (χ3v) is 3.85. The van der Waals surface area contributed by atoms with Gasteiger partial charge in [-0.1, -0.05) is 12.1 Å². The van der Waals surface area contributed by atoms with Crippen molar-refractivity contribution in [2.24, 2.45) is 0 Å². The molecule has 0 N–H and O–H groups in total. The Morgan fingerprint density at radius 1 is 1.04 bits per heavy atom. The molecule has 0 bridgehead atoms. The maximum atomic E-state index is 12.1. The van der Waals surface area contributed by atoms with Crippen molar-refractivity contribution in [3.8, 4) is 11.5 Å². The molecule has 1 atom stereocenters. The van der Waals surface area contributed by atoms with E-state index in [4.69, 9.17) is 9.47 Å². The Bertz CT molecular complexity index is 809. The minimum Gasteiger partial charge on any atom is -0.497 e. The van der Waals surface area contributed by atoms with E-state index in [1.54, 1.807) is 7.11 Å². The Morgan fingerprint density at radius 3 is 2.39 bits per heavy atom. The summed E-state index contributed by atoms with van der Waals surface area (Å²) in [6, 6.07) is 15.4. The normalized spacial score (nSPS) is 12.1. The molecule has 0 saturated carbocycles. The predicted molar refractivity (Wildman–Crippen MR) is 89.9 cm³/mol. The van der Waals surface area contributed by atoms with Crippen LogP contribution < -0.4 is 9.47 Å². The molecule has 2 aromatic carbocycles. The number of esters is 1. The molecule has 1 heterocycles. The average molecular weight is 309 g/mol. The van der Waals surface area contributed by atoms with Crippen LogP contribution in [0.1, 0.15) is 19.4 Å². The van der Waals surface area contributed by atoms with Crippen molar-refractivity contribution >= 4 is 16.7 Å². The number of carbonyl (C=O) groups is 1. The minimum atomic E-state index is -0.242. The molecule has 0 aliphatic rings. The van der Waals surface area contributed by atoms with Crippen molar-refractivity contribution in [1.82, 2.24) is 4.57 Å². The van der Waals surface area contributed by atoms with Crippen molar-refractivity contribution in [3.63, 3.8) is 0 Å². The predicted octanol–water partition coefficient (Wildman–Crippen LogP) is 4.21. The fourth-order valence-electron chi connectivity index (χ4n) is 2.55. The summed E-state index contributed by atoms with van der Waals surface area (Å²) >= 11 is 0. The quantitative estimate of drug-likeness (QED) is 0.523. The van der Waals surface area contributed by atoms with Crippen LogP contribution in [0.2, 0.25) is 0 Å². The lowest BCUT2D eigenvalue weighted by Crippen LogP contribution is -2.14. The number of nitrogens with zero attached hydrogens (tertiary/aromatic N) is 1. The van der Waals surface area contributed by atoms with Crippen LogP contribution in [0.15, 0.2) is 60.9 Å². The first-order valence-corrected chi connectivity index (χ1v) is 7.56. The molecule has 1 aromatic heterocycles. The first-order chi connectivity index (χ1) is 11.2. The van der Waals surface area contributed by atoms with Crippen molar-refractivity contribution in [3.05, 3.63) is 60.9 Å². The summed E-state index contributed by atoms with van der Waals surface area (Å²) in [4.78, 5) is 12.1. The first-order valence-electron chi connectivity index (χ1n) is 7.56. The third kappa shape index (κ3) is 3.54. The Balaban J connectivity index is 1.71. The molecule has 0 saturated heterocycles. The van der Waals surface area contributed by atoms with Crippen LogP contribution in [0.3, 0.4) is 0 Å². The van der Waals surface area contributed by atoms with Crippen LogP contribution in [-0.2, 0) is 4.79 Å². The molecule has 3 aromatic rings. The Hall–Kier alpha value is -2.75. The lowest BCUT2D eigenvalue weighted by Gasteiger charge is -2.13. The van der Waals surface area contributed by atoms with Crippen LogP contribution >= 0.6 is 0 Å². The van der Waals surface area contributed by atoms with Gasteiger partial charge in [-0.05, 0) is 54.1 Å². The highest BCUT2D eigenvalue weighted by Crippen LogP contribution is 2.25. The monoisotopic (exact) mass is 309 g/mol. The van der Waals surface area contributed by atoms with Crippen molar-refractivity contribution in [2.45, 2.75) is 19.4 Å². The molecule has 4 heteroatoms. The van der Waals surface area contributed by atoms with E-state index in [1.807, 2.05) is 72.4 Å². The molecule has 0 aliphatic carbocycles. The molecule has 0 spiro atoms. The number of fused-ring (bicyclic) bond motifs is 1. The van der Waals surface area contributed by atoms with Crippen LogP contribution in [-0.4, -0.2) is 17.6 Å². The zero-order chi connectivity index (χ0) is 16.2. The SMILES string of the molecule is COc1ccc2ccc(OC(=O)CC(C)n3cccc3)cc2c1. The number of hydrogen-bond donors (Lipinski definition) is 0. The highest BCUT2D eigenvalue weighted by Gasteiger charge is 2.12. The molecule has 4 nitrogen and oxygen atoms in total. The van der Waals surface area contributed by atoms with Crippen LogP contribution in [0, 0.1) is 0 Å². The maximum Gasteiger partial charge on any atom is 0.313 e. The second kappa shape index (κ2) is 6.57. The molecule has 0 radical (unpaired) electrons. The van der Waals surface area contributed by atoms with Gasteiger partial charge in [-0.2, -0.15) is 0 Å². The molecule has 3 rings (SSSR count). The van der Waals surface area contributed by atoms with Gasteiger partial charge in [0.15, 0.2) is 0 Å². The summed E-state index contributed by atoms with van der Waals surface area (Å²) in [5, 5.41) is 2.06. The van der Waals surface area contributed by atoms with Gasteiger partial charge in [-0.15, -0.1) is 0 Å². The highest BCUT2D eigenvalue weighted by molar-refractivity contribution is 5.86. The number of ether oxygens (including phenoxy) is 2. The summed E-state index contributed by atoms with van der Waals surface area (Å²) in [6.45, 7) is 1.99. The smallest absolute Gasteiger partial charge is 0.313 e. The second-order valence-electron chi connectivity index (χ2n) is 5.53. The van der Waals surface area contributed by atoms with Crippen LogP contribution in [0.4, 0.5) is 0 Å². The largest absolute Gasteiger partial charge is 0.497 e. The fourth-order valence-corrected chi connectivity index (χ4v) is 2.55. The van der Waals surface area contributed by atoms with Crippen molar-refractivity contribution < 1.29 is 14.3 Å². The van der Waals surface area contributed by atoms with E-state index in [0.717, 1.165) is 16.5 Å². The molecule has 118 valence electrons. The molecule has 0 amide bonds. The van der Waals surface area contributed by atoms with E-state index in [-0.39, 0.29) is 12.0 Å². The number of hydrogen-bond acceptors (Lipinski definition) is 3. The molecule has 1 unspecified atom stereocenters. The number of methoxy groups -OCH3 is 1. The lowest BCUT2D eigenvalue weighted by atomic mass is 10.1. The Kier molecular flexibility index (Phi) is 4.33. The topological polar surface area (TPSA) is 40.5 Å². The fraction of sp³-hybridized carbons (Fsp3) is 0.211. The van der Waals surface area contributed by atoms with Gasteiger partial charge in [-0.25, -0.2) is 0 Å². The van der Waals surface area contributed by atoms with E-state index < -0.39 is 0 Å². The lowest BCUT2D eigenvalue weighted by molar-refractivity contribution is -0.135. The number of carbonyl (C=O) groups excluding carboxylic acids is 1. The van der Waals surface area contributed by atoms with E-state index in [0.29, 0.717) is 12.2 Å². The van der Waals surface area contributed by atoms with Gasteiger partial charge in [-0.3, -0.25) is 4.79 Å². The van der Waals surface area contributed by atoms with Crippen LogP contribution in [0.5, 0.6) is 11.5 Å². The van der Waals surface area contributed by atoms with E-state index in [1.165, 1.54) is 0 Å². The van der Waals surface area contributed by atoms with E-state index in [9.17, 15) is 4.79 Å². The number of benzene rings is 2. The zero-order valence-corrected chi connectivity index (χ0v) is 13.2. The summed E-state index contributed by atoms with van der Waals surface area (Å²) < 4.78 is 12.7. The standard InChI is InChI=1S/C19H19NO3/c1-14(20-9-3-4-10-20)11-19(21)23-18-8-6-15-5-7-17(22-2)12-16(15)13-18/h3-10,12-14H,11H2,1-2H3. The Labute approximate surface area is 135 Å². The molecular weight excluding hydrogens is 290 g/mol. The van der Waals surface area contributed by atoms with Gasteiger partial charge in [0.2, 0.25) is 0 Å². The maximum absolute atomic E-state index is 12.1. The van der Waals surface area contributed by atoms with Crippen molar-refractivity contribution in [1.29, 1.82) is 0 Å². The average Bonchev–Trinajstić information content (AvgIpc) is 3.08. The molecule has 0 aliphatic heterocycles. The summed E-state index contributed by atoms with van der Waals surface area (Å²) in [5.41, 5.74) is 0. The number of aromatic nitrogens is 1. The van der Waals surface area contributed by atoms with E-state index in [2.05, 4.69) is 0 Å². The molecule has 23 heavy (non-hydrogen) atoms. The Morgan fingerprint density at radius 2 is 1.70 bits per heavy atom. The van der Waals surface area contributed by atoms with E-state index >= 15 is 0 Å². The van der Waals surface area contributed by atoms with Crippen molar-refractivity contribution in [2.75, 3.05) is 7.11 Å². The first kappa shape index (κ1) is 15.2. The van der Waals surface area contributed by atoms with Gasteiger partial charge >= 0.3 is 5.97 Å². The number of rotatable bonds is 5. The summed E-state index contributed by atoms with van der Waals surface area (Å²) in [6.07, 6.45) is 4.21. The van der Waals surface area contributed by atoms with Gasteiger partial charge in [0.25, 0.3) is 0 Å². The molecule has 0 fully saturated rings. The summed E-state index contributed by atoms with van der Waals surface area (Å²) in [7, 11) is 1.63. The van der Waals surface area contributed by atoms with Gasteiger partial charge < -0.3 is 14.0 Å². The molecular formula is C19H19NO3. The summed E-state index contributed by atoms with van der Waals surface area (Å²) in [5.74, 6) is 1.09. The second-order valence-corrected chi connectivity index (χ2v) is 5.53. The van der Waals surface area contributed by atoms with Gasteiger partial charge in [0, 0.05) is 18.4 Å². The van der Waals surface area contributed by atoms with Crippen LogP contribution in [0.25, 0.3) is 10.8 Å². The van der Waals surface area contributed by atoms with Gasteiger partial charge in [0.1, 0.15) is 11.5 Å². The zero-order valence-electron chi connectivity index (χ0n) is 13.2. The highest BCUT2D eigenvalue weighted by atomic mass is 16.5. The third-order valence-electron chi connectivity index (χ3n) is 3.85. The minimum absolute atomic E-state index is 0.0676. The van der Waals surface area contributed by atoms with Gasteiger partial charge in [0.05, 0.1) is 13.5 Å².